The van der Waals surface area contributed by atoms with Crippen LogP contribution in [0.1, 0.15) is 20.8 Å². The van der Waals surface area contributed by atoms with Gasteiger partial charge in [-0.1, -0.05) is 39.7 Å². The number of nitrogens with zero attached hydrogens (tertiary/aromatic N) is 1. The van der Waals surface area contributed by atoms with Crippen LogP contribution in [0, 0.1) is 0 Å². The Bertz CT molecular complexity index is 898. The van der Waals surface area contributed by atoms with Crippen LogP contribution in [0.3, 0.4) is 0 Å². The largest absolute Gasteiger partial charge is 0.298 e. The Morgan fingerprint density at radius 2 is 2.04 bits per heavy atom. The summed E-state index contributed by atoms with van der Waals surface area (Å²) >= 11 is 14.3. The second kappa shape index (κ2) is 7.78. The van der Waals surface area contributed by atoms with Crippen LogP contribution in [-0.2, 0) is 6.42 Å². The Morgan fingerprint density at radius 1 is 1.21 bits per heavy atom. The third kappa shape index (κ3) is 4.45. The predicted octanol–water partition coefficient (Wildman–Crippen LogP) is 6.16. The molecule has 0 unspecified atom stereocenters. The third-order valence-corrected chi connectivity index (χ3v) is 5.86. The quantitative estimate of drug-likeness (QED) is 0.480. The zero-order valence-corrected chi connectivity index (χ0v) is 17.0. The van der Waals surface area contributed by atoms with Gasteiger partial charge in [-0.05, 0) is 51.8 Å². The van der Waals surface area contributed by atoms with Gasteiger partial charge in [0.2, 0.25) is 0 Å². The van der Waals surface area contributed by atoms with E-state index in [0.29, 0.717) is 15.7 Å². The van der Waals surface area contributed by atoms with E-state index in [-0.39, 0.29) is 5.91 Å². The van der Waals surface area contributed by atoms with E-state index >= 15 is 0 Å². The molecule has 0 atom stereocenters. The highest BCUT2D eigenvalue weighted by molar-refractivity contribution is 9.10. The van der Waals surface area contributed by atoms with Crippen LogP contribution in [-0.4, -0.2) is 10.9 Å². The lowest BCUT2D eigenvalue weighted by atomic mass is 10.1. The van der Waals surface area contributed by atoms with Crippen molar-refractivity contribution in [1.29, 1.82) is 0 Å². The highest BCUT2D eigenvalue weighted by Crippen LogP contribution is 2.27. The second-order valence-electron chi connectivity index (χ2n) is 5.02. The maximum atomic E-state index is 12.2. The van der Waals surface area contributed by atoms with Gasteiger partial charge >= 0.3 is 0 Å². The molecule has 0 bridgehead atoms. The zero-order valence-electron chi connectivity index (χ0n) is 12.2. The average molecular weight is 487 g/mol. The molecular weight excluding hydrogens is 476 g/mol. The number of aromatic nitrogens is 1. The summed E-state index contributed by atoms with van der Waals surface area (Å²) in [6.07, 6.45) is 2.49. The number of anilines is 1. The van der Waals surface area contributed by atoms with Gasteiger partial charge in [0.1, 0.15) is 0 Å². The van der Waals surface area contributed by atoms with Crippen molar-refractivity contribution in [3.8, 4) is 0 Å². The molecule has 7 heteroatoms. The average Bonchev–Trinajstić information content (AvgIpc) is 2.98. The Kier molecular flexibility index (Phi) is 5.71. The van der Waals surface area contributed by atoms with E-state index in [4.69, 9.17) is 11.6 Å². The maximum absolute atomic E-state index is 12.2. The predicted molar refractivity (Wildman–Crippen MR) is 106 cm³/mol. The van der Waals surface area contributed by atoms with Gasteiger partial charge in [-0.15, -0.1) is 11.3 Å². The molecule has 0 aliphatic carbocycles. The molecule has 2 aromatic carbocycles. The van der Waals surface area contributed by atoms with Gasteiger partial charge in [-0.2, -0.15) is 0 Å². The number of carbonyl (C=O) groups excluding carboxylic acids is 1. The SMILES string of the molecule is O=C(Nc1ncc(Cc2ccc(Br)c(Cl)c2)s1)c1cccc(Br)c1. The fourth-order valence-corrected chi connectivity index (χ4v) is 3.79. The van der Waals surface area contributed by atoms with Gasteiger partial charge in [-0.25, -0.2) is 4.98 Å². The molecular formula is C17H11Br2ClN2OS. The second-order valence-corrected chi connectivity index (χ2v) is 8.31. The number of halogens is 3. The van der Waals surface area contributed by atoms with Crippen LogP contribution in [0.25, 0.3) is 0 Å². The lowest BCUT2D eigenvalue weighted by Crippen LogP contribution is -2.11. The van der Waals surface area contributed by atoms with Crippen molar-refractivity contribution >= 4 is 65.8 Å². The maximum Gasteiger partial charge on any atom is 0.257 e. The van der Waals surface area contributed by atoms with Crippen molar-refractivity contribution in [3.05, 3.63) is 78.6 Å². The first-order valence-electron chi connectivity index (χ1n) is 6.97. The molecule has 3 nitrogen and oxygen atoms in total. The Labute approximate surface area is 165 Å². The molecule has 1 N–H and O–H groups in total. The van der Waals surface area contributed by atoms with Gasteiger partial charge < -0.3 is 0 Å². The molecule has 0 saturated heterocycles. The van der Waals surface area contributed by atoms with Crippen molar-refractivity contribution in [2.45, 2.75) is 6.42 Å². The molecule has 0 aliphatic rings. The number of hydrogen-bond acceptors (Lipinski definition) is 3. The van der Waals surface area contributed by atoms with E-state index < -0.39 is 0 Å². The van der Waals surface area contributed by atoms with Crippen LogP contribution in [0.15, 0.2) is 57.6 Å². The van der Waals surface area contributed by atoms with Crippen LogP contribution < -0.4 is 5.32 Å². The first-order valence-corrected chi connectivity index (χ1v) is 9.75. The molecule has 0 radical (unpaired) electrons. The summed E-state index contributed by atoms with van der Waals surface area (Å²) in [5.74, 6) is -0.177. The topological polar surface area (TPSA) is 42.0 Å². The molecule has 3 rings (SSSR count). The first kappa shape index (κ1) is 17.6. The lowest BCUT2D eigenvalue weighted by molar-refractivity contribution is 0.102. The third-order valence-electron chi connectivity index (χ3n) is 3.22. The van der Waals surface area contributed by atoms with Crippen molar-refractivity contribution < 1.29 is 4.79 Å². The Balaban J connectivity index is 1.69. The number of benzene rings is 2. The van der Waals surface area contributed by atoms with E-state index in [1.165, 1.54) is 11.3 Å². The fraction of sp³-hybridized carbons (Fsp3) is 0.0588. The number of rotatable bonds is 4. The van der Waals surface area contributed by atoms with E-state index in [1.807, 2.05) is 30.3 Å². The Morgan fingerprint density at radius 3 is 2.79 bits per heavy atom. The molecule has 1 amide bonds. The van der Waals surface area contributed by atoms with Gasteiger partial charge in [-0.3, -0.25) is 10.1 Å². The monoisotopic (exact) mass is 484 g/mol. The van der Waals surface area contributed by atoms with Crippen LogP contribution >= 0.6 is 54.8 Å². The van der Waals surface area contributed by atoms with Gasteiger partial charge in [0, 0.05) is 32.0 Å². The molecule has 1 aromatic heterocycles. The summed E-state index contributed by atoms with van der Waals surface area (Å²) in [5.41, 5.74) is 1.68. The summed E-state index contributed by atoms with van der Waals surface area (Å²) in [6, 6.07) is 13.1. The fourth-order valence-electron chi connectivity index (χ4n) is 2.10. The standard InChI is InChI=1S/C17H11Br2ClN2OS/c18-12-3-1-2-11(8-12)16(23)22-17-21-9-13(24-17)6-10-4-5-14(19)15(20)7-10/h1-5,7-9H,6H2,(H,21,22,23). The smallest absolute Gasteiger partial charge is 0.257 e. The number of thiazole rings is 1. The van der Waals surface area contributed by atoms with Crippen molar-refractivity contribution in [2.24, 2.45) is 0 Å². The molecule has 0 spiro atoms. The van der Waals surface area contributed by atoms with Crippen molar-refractivity contribution in [2.75, 3.05) is 5.32 Å². The molecule has 3 aromatic rings. The number of amides is 1. The van der Waals surface area contributed by atoms with E-state index in [9.17, 15) is 4.79 Å². The normalized spacial score (nSPS) is 10.6. The van der Waals surface area contributed by atoms with E-state index in [1.54, 1.807) is 18.3 Å². The van der Waals surface area contributed by atoms with E-state index in [2.05, 4.69) is 42.2 Å². The van der Waals surface area contributed by atoms with Gasteiger partial charge in [0.05, 0.1) is 5.02 Å². The van der Waals surface area contributed by atoms with Gasteiger partial charge in [0.25, 0.3) is 5.91 Å². The number of hydrogen-bond donors (Lipinski definition) is 1. The highest BCUT2D eigenvalue weighted by atomic mass is 79.9. The van der Waals surface area contributed by atoms with Crippen LogP contribution in [0.4, 0.5) is 5.13 Å². The zero-order chi connectivity index (χ0) is 17.1. The number of nitrogens with one attached hydrogen (secondary N) is 1. The minimum Gasteiger partial charge on any atom is -0.298 e. The van der Waals surface area contributed by atoms with Gasteiger partial charge in [0.15, 0.2) is 5.13 Å². The summed E-state index contributed by atoms with van der Waals surface area (Å²) in [6.45, 7) is 0. The van der Waals surface area contributed by atoms with Crippen LogP contribution in [0.5, 0.6) is 0 Å². The first-order chi connectivity index (χ1) is 11.5. The van der Waals surface area contributed by atoms with Crippen molar-refractivity contribution in [3.63, 3.8) is 0 Å². The minimum atomic E-state index is -0.177. The lowest BCUT2D eigenvalue weighted by Gasteiger charge is -2.02. The summed E-state index contributed by atoms with van der Waals surface area (Å²) in [4.78, 5) is 17.6. The molecule has 122 valence electrons. The molecule has 0 saturated carbocycles. The molecule has 1 heterocycles. The molecule has 0 aliphatic heterocycles. The summed E-state index contributed by atoms with van der Waals surface area (Å²) in [5, 5.41) is 4.09. The molecule has 0 fully saturated rings. The van der Waals surface area contributed by atoms with Crippen LogP contribution in [0.2, 0.25) is 5.02 Å². The van der Waals surface area contributed by atoms with E-state index in [0.717, 1.165) is 25.8 Å². The minimum absolute atomic E-state index is 0.177. The summed E-state index contributed by atoms with van der Waals surface area (Å²) < 4.78 is 1.74. The molecule has 24 heavy (non-hydrogen) atoms. The number of carbonyl (C=O) groups is 1. The Hall–Kier alpha value is -1.21. The van der Waals surface area contributed by atoms with Crippen molar-refractivity contribution in [1.82, 2.24) is 4.98 Å². The highest BCUT2D eigenvalue weighted by Gasteiger charge is 2.10. The summed E-state index contributed by atoms with van der Waals surface area (Å²) in [7, 11) is 0.